The number of piperidine rings is 1. The van der Waals surface area contributed by atoms with Gasteiger partial charge in [0.15, 0.2) is 5.96 Å². The van der Waals surface area contributed by atoms with Crippen LogP contribution in [0, 0.1) is 12.8 Å². The molecule has 2 atom stereocenters. The molecule has 3 rings (SSSR count). The topological polar surface area (TPSA) is 42.9 Å². The van der Waals surface area contributed by atoms with Crippen molar-refractivity contribution < 1.29 is 0 Å². The number of rotatable bonds is 6. The highest BCUT2D eigenvalue weighted by Crippen LogP contribution is 2.36. The quantitative estimate of drug-likeness (QED) is 0.322. The third-order valence-electron chi connectivity index (χ3n) is 5.77. The summed E-state index contributed by atoms with van der Waals surface area (Å²) in [6, 6.07) is 11.5. The monoisotopic (exact) mass is 541 g/mol. The van der Waals surface area contributed by atoms with E-state index in [9.17, 15) is 0 Å². The van der Waals surface area contributed by atoms with Gasteiger partial charge in [-0.3, -0.25) is 9.89 Å². The van der Waals surface area contributed by atoms with E-state index in [0.717, 1.165) is 19.0 Å². The molecular weight excluding hydrogens is 505 g/mol. The number of likely N-dealkylation sites (tertiary alicyclic amines) is 1. The second-order valence-electron chi connectivity index (χ2n) is 8.18. The molecular formula is C23H36IN5S. The van der Waals surface area contributed by atoms with Crippen molar-refractivity contribution in [1.29, 1.82) is 0 Å². The standard InChI is InChI=1S/C23H35N5S.HI/c1-17-10-11-18(20(14-17)27(3)4)15-25-23(24-2)26-16-19-8-6-12-28(5)22(19)21-9-7-13-29-21;/h7,9-11,13-14,19,22H,6,8,12,15-16H2,1-5H3,(H2,24,25,26);1H. The first-order chi connectivity index (χ1) is 14.0. The minimum atomic E-state index is 0. The second kappa shape index (κ2) is 11.9. The Bertz CT molecular complexity index is 806. The Kier molecular flexibility index (Phi) is 9.90. The summed E-state index contributed by atoms with van der Waals surface area (Å²) < 4.78 is 0. The maximum atomic E-state index is 4.46. The molecule has 1 fully saturated rings. The molecule has 166 valence electrons. The van der Waals surface area contributed by atoms with Crippen LogP contribution in [0.15, 0.2) is 40.7 Å². The van der Waals surface area contributed by atoms with Gasteiger partial charge in [-0.25, -0.2) is 0 Å². The Morgan fingerprint density at radius 2 is 2.07 bits per heavy atom. The summed E-state index contributed by atoms with van der Waals surface area (Å²) in [4.78, 5) is 10.6. The minimum Gasteiger partial charge on any atom is -0.377 e. The zero-order valence-electron chi connectivity index (χ0n) is 18.8. The molecule has 1 aromatic heterocycles. The molecule has 5 nitrogen and oxygen atoms in total. The number of thiophene rings is 1. The number of nitrogens with one attached hydrogen (secondary N) is 2. The van der Waals surface area contributed by atoms with Gasteiger partial charge < -0.3 is 15.5 Å². The highest BCUT2D eigenvalue weighted by Gasteiger charge is 2.31. The number of anilines is 1. The van der Waals surface area contributed by atoms with Gasteiger partial charge in [-0.2, -0.15) is 0 Å². The van der Waals surface area contributed by atoms with Gasteiger partial charge in [0.1, 0.15) is 0 Å². The molecule has 1 aliphatic rings. The zero-order chi connectivity index (χ0) is 20.8. The Morgan fingerprint density at radius 3 is 2.73 bits per heavy atom. The average Bonchev–Trinajstić information content (AvgIpc) is 3.23. The van der Waals surface area contributed by atoms with Crippen molar-refractivity contribution in [3.8, 4) is 0 Å². The summed E-state index contributed by atoms with van der Waals surface area (Å²) in [5.74, 6) is 1.45. The van der Waals surface area contributed by atoms with Gasteiger partial charge in [0, 0.05) is 50.8 Å². The van der Waals surface area contributed by atoms with Gasteiger partial charge in [-0.15, -0.1) is 35.3 Å². The third kappa shape index (κ3) is 6.34. The Hall–Kier alpha value is -1.32. The molecule has 0 bridgehead atoms. The number of benzene rings is 1. The van der Waals surface area contributed by atoms with E-state index in [-0.39, 0.29) is 24.0 Å². The number of guanidine groups is 1. The molecule has 0 radical (unpaired) electrons. The Morgan fingerprint density at radius 1 is 1.27 bits per heavy atom. The normalized spacial score (nSPS) is 19.8. The van der Waals surface area contributed by atoms with E-state index in [1.54, 1.807) is 0 Å². The van der Waals surface area contributed by atoms with Crippen LogP contribution in [0.4, 0.5) is 5.69 Å². The maximum Gasteiger partial charge on any atom is 0.191 e. The van der Waals surface area contributed by atoms with Crippen molar-refractivity contribution in [3.63, 3.8) is 0 Å². The van der Waals surface area contributed by atoms with Crippen LogP contribution in [0.5, 0.6) is 0 Å². The van der Waals surface area contributed by atoms with E-state index in [0.29, 0.717) is 12.0 Å². The molecule has 0 aliphatic carbocycles. The average molecular weight is 542 g/mol. The SMILES string of the molecule is CN=C(NCc1ccc(C)cc1N(C)C)NCC1CCCN(C)C1c1cccs1.I. The molecule has 0 amide bonds. The van der Waals surface area contributed by atoms with E-state index >= 15 is 0 Å². The summed E-state index contributed by atoms with van der Waals surface area (Å²) >= 11 is 1.87. The molecule has 2 unspecified atom stereocenters. The first-order valence-corrected chi connectivity index (χ1v) is 11.3. The molecule has 0 saturated carbocycles. The fourth-order valence-electron chi connectivity index (χ4n) is 4.25. The van der Waals surface area contributed by atoms with Crippen molar-refractivity contribution in [2.45, 2.75) is 32.4 Å². The van der Waals surface area contributed by atoms with Crippen molar-refractivity contribution in [2.24, 2.45) is 10.9 Å². The van der Waals surface area contributed by atoms with Crippen LogP contribution in [-0.2, 0) is 6.54 Å². The van der Waals surface area contributed by atoms with Crippen LogP contribution in [0.2, 0.25) is 0 Å². The van der Waals surface area contributed by atoms with Crippen molar-refractivity contribution in [2.75, 3.05) is 46.2 Å². The third-order valence-corrected chi connectivity index (χ3v) is 6.71. The lowest BCUT2D eigenvalue weighted by atomic mass is 9.88. The molecule has 2 heterocycles. The molecule has 2 aromatic rings. The van der Waals surface area contributed by atoms with Gasteiger partial charge in [-0.1, -0.05) is 18.2 Å². The van der Waals surface area contributed by atoms with E-state index in [1.807, 2.05) is 18.4 Å². The maximum absolute atomic E-state index is 4.46. The molecule has 1 saturated heterocycles. The zero-order valence-corrected chi connectivity index (χ0v) is 22.0. The summed E-state index contributed by atoms with van der Waals surface area (Å²) in [6.45, 7) is 5.00. The summed E-state index contributed by atoms with van der Waals surface area (Å²) in [6.07, 6.45) is 2.51. The number of halogens is 1. The minimum absolute atomic E-state index is 0. The van der Waals surface area contributed by atoms with Crippen LogP contribution in [0.3, 0.4) is 0 Å². The lowest BCUT2D eigenvalue weighted by Gasteiger charge is -2.39. The lowest BCUT2D eigenvalue weighted by molar-refractivity contribution is 0.125. The molecule has 1 aromatic carbocycles. The van der Waals surface area contributed by atoms with Gasteiger partial charge >= 0.3 is 0 Å². The van der Waals surface area contributed by atoms with E-state index in [1.165, 1.54) is 41.1 Å². The van der Waals surface area contributed by atoms with Crippen molar-refractivity contribution in [1.82, 2.24) is 15.5 Å². The van der Waals surface area contributed by atoms with Gasteiger partial charge in [0.05, 0.1) is 0 Å². The van der Waals surface area contributed by atoms with Crippen molar-refractivity contribution in [3.05, 3.63) is 51.7 Å². The number of aryl methyl sites for hydroxylation is 1. The molecule has 0 spiro atoms. The molecule has 30 heavy (non-hydrogen) atoms. The van der Waals surface area contributed by atoms with Crippen molar-refractivity contribution >= 4 is 47.0 Å². The number of aliphatic imine (C=N–C) groups is 1. The van der Waals surface area contributed by atoms with Crippen LogP contribution in [0.25, 0.3) is 0 Å². The fraction of sp³-hybridized carbons (Fsp3) is 0.522. The van der Waals surface area contributed by atoms with Gasteiger partial charge in [-0.05, 0) is 67.9 Å². The summed E-state index contributed by atoms with van der Waals surface area (Å²) in [5.41, 5.74) is 3.80. The van der Waals surface area contributed by atoms with Gasteiger partial charge in [0.2, 0.25) is 0 Å². The lowest BCUT2D eigenvalue weighted by Crippen LogP contribution is -2.44. The largest absolute Gasteiger partial charge is 0.377 e. The number of hydrogen-bond donors (Lipinski definition) is 2. The smallest absolute Gasteiger partial charge is 0.191 e. The van der Waals surface area contributed by atoms with E-state index < -0.39 is 0 Å². The number of nitrogens with zero attached hydrogens (tertiary/aromatic N) is 3. The predicted octanol–water partition coefficient (Wildman–Crippen LogP) is 4.49. The highest BCUT2D eigenvalue weighted by molar-refractivity contribution is 14.0. The Balaban J connectivity index is 0.00000320. The highest BCUT2D eigenvalue weighted by atomic mass is 127. The van der Waals surface area contributed by atoms with Crippen LogP contribution in [0.1, 0.15) is 34.9 Å². The van der Waals surface area contributed by atoms with E-state index in [4.69, 9.17) is 0 Å². The number of hydrogen-bond acceptors (Lipinski definition) is 4. The van der Waals surface area contributed by atoms with Crippen LogP contribution >= 0.6 is 35.3 Å². The van der Waals surface area contributed by atoms with Crippen LogP contribution < -0.4 is 15.5 Å². The molecule has 1 aliphatic heterocycles. The van der Waals surface area contributed by atoms with Gasteiger partial charge in [0.25, 0.3) is 0 Å². The predicted molar refractivity (Wildman–Crippen MR) is 142 cm³/mol. The summed E-state index contributed by atoms with van der Waals surface area (Å²) in [7, 11) is 8.29. The second-order valence-corrected chi connectivity index (χ2v) is 9.16. The molecule has 7 heteroatoms. The molecule has 2 N–H and O–H groups in total. The first kappa shape index (κ1) is 24.9. The fourth-order valence-corrected chi connectivity index (χ4v) is 5.23. The Labute approximate surface area is 203 Å². The van der Waals surface area contributed by atoms with E-state index in [2.05, 4.69) is 89.2 Å². The van der Waals surface area contributed by atoms with Crippen LogP contribution in [-0.4, -0.2) is 52.1 Å². The summed E-state index contributed by atoms with van der Waals surface area (Å²) in [5, 5.41) is 9.27. The first-order valence-electron chi connectivity index (χ1n) is 10.4.